The lowest BCUT2D eigenvalue weighted by Crippen LogP contribution is -2.23. The number of nitriles is 1. The van der Waals surface area contributed by atoms with Gasteiger partial charge in [-0.3, -0.25) is 9.48 Å². The van der Waals surface area contributed by atoms with E-state index in [1.165, 1.54) is 6.08 Å². The Hall–Kier alpha value is -3.48. The standard InChI is InChI=1S/C24H22ClFN6O2/c1-28-11-19-15-7-12(3-6-14(15)24(33)31-30-19)17-10-29-32(2)23(17)21-16(9-27)20(34-13-4-5-13)8-18(25)22(21)26/h3,6-8,10,13,16,21,28H,4-5,11H2,1-2H3,(H,31,33)/t16?,21-/m0/s1. The van der Waals surface area contributed by atoms with Crippen LogP contribution in [0.25, 0.3) is 21.9 Å². The highest BCUT2D eigenvalue weighted by atomic mass is 35.5. The van der Waals surface area contributed by atoms with Crippen LogP contribution in [0.4, 0.5) is 4.39 Å². The molecule has 8 nitrogen and oxygen atoms in total. The van der Waals surface area contributed by atoms with E-state index in [0.29, 0.717) is 40.0 Å². The first-order valence-electron chi connectivity index (χ1n) is 10.9. The Bertz CT molecular complexity index is 1450. The maximum Gasteiger partial charge on any atom is 0.272 e. The Labute approximate surface area is 199 Å². The van der Waals surface area contributed by atoms with E-state index in [1.807, 2.05) is 6.07 Å². The van der Waals surface area contributed by atoms with Crippen molar-refractivity contribution < 1.29 is 9.13 Å². The molecule has 3 aromatic rings. The van der Waals surface area contributed by atoms with E-state index >= 15 is 4.39 Å². The van der Waals surface area contributed by atoms with Crippen molar-refractivity contribution in [1.82, 2.24) is 25.3 Å². The van der Waals surface area contributed by atoms with Gasteiger partial charge in [-0.25, -0.2) is 9.49 Å². The maximum absolute atomic E-state index is 15.5. The van der Waals surface area contributed by atoms with Gasteiger partial charge in [-0.05, 0) is 43.7 Å². The zero-order valence-electron chi connectivity index (χ0n) is 18.6. The molecule has 1 aromatic carbocycles. The van der Waals surface area contributed by atoms with Crippen molar-refractivity contribution in [3.8, 4) is 17.2 Å². The summed E-state index contributed by atoms with van der Waals surface area (Å²) in [4.78, 5) is 12.3. The number of aryl methyl sites for hydroxylation is 1. The summed E-state index contributed by atoms with van der Waals surface area (Å²) in [5.41, 5.74) is 2.24. The van der Waals surface area contributed by atoms with Crippen LogP contribution in [0, 0.1) is 17.2 Å². The van der Waals surface area contributed by atoms with Crippen molar-refractivity contribution in [3.63, 3.8) is 0 Å². The molecule has 1 unspecified atom stereocenters. The molecule has 0 aliphatic heterocycles. The van der Waals surface area contributed by atoms with Gasteiger partial charge < -0.3 is 10.1 Å². The van der Waals surface area contributed by atoms with Crippen molar-refractivity contribution in [1.29, 1.82) is 5.26 Å². The molecule has 0 bridgehead atoms. The number of aromatic amines is 1. The van der Waals surface area contributed by atoms with Crippen LogP contribution in [-0.4, -0.2) is 33.1 Å². The van der Waals surface area contributed by atoms with E-state index in [9.17, 15) is 10.1 Å². The molecule has 0 radical (unpaired) electrons. The zero-order chi connectivity index (χ0) is 24.0. The van der Waals surface area contributed by atoms with Crippen molar-refractivity contribution in [3.05, 3.63) is 68.8 Å². The minimum atomic E-state index is -0.983. The van der Waals surface area contributed by atoms with Gasteiger partial charge in [0, 0.05) is 24.5 Å². The second-order valence-electron chi connectivity index (χ2n) is 8.50. The van der Waals surface area contributed by atoms with Crippen LogP contribution < -0.4 is 10.9 Å². The van der Waals surface area contributed by atoms with Crippen molar-refractivity contribution >= 4 is 22.4 Å². The van der Waals surface area contributed by atoms with E-state index in [0.717, 1.165) is 18.4 Å². The lowest BCUT2D eigenvalue weighted by atomic mass is 9.81. The molecule has 1 fully saturated rings. The fraction of sp³-hybridized carbons (Fsp3) is 0.333. The summed E-state index contributed by atoms with van der Waals surface area (Å²) in [5, 5.41) is 25.2. The Morgan fingerprint density at radius 1 is 1.38 bits per heavy atom. The number of H-pyrrole nitrogens is 1. The van der Waals surface area contributed by atoms with Crippen molar-refractivity contribution in [2.45, 2.75) is 31.4 Å². The summed E-state index contributed by atoms with van der Waals surface area (Å²) in [5.74, 6) is -2.10. The normalized spacial score (nSPS) is 20.4. The van der Waals surface area contributed by atoms with Gasteiger partial charge in [-0.15, -0.1) is 0 Å². The number of ether oxygens (including phenoxy) is 1. The smallest absolute Gasteiger partial charge is 0.272 e. The number of rotatable bonds is 6. The summed E-state index contributed by atoms with van der Waals surface area (Å²) in [6.07, 6.45) is 4.88. The molecule has 2 aromatic heterocycles. The molecule has 2 atom stereocenters. The maximum atomic E-state index is 15.5. The number of halogens is 2. The molecule has 34 heavy (non-hydrogen) atoms. The van der Waals surface area contributed by atoms with Crippen molar-refractivity contribution in [2.75, 3.05) is 7.05 Å². The quantitative estimate of drug-likeness (QED) is 0.556. The third kappa shape index (κ3) is 3.79. The highest BCUT2D eigenvalue weighted by Crippen LogP contribution is 2.47. The summed E-state index contributed by atoms with van der Waals surface area (Å²) in [7, 11) is 3.49. The Morgan fingerprint density at radius 2 is 2.18 bits per heavy atom. The number of nitrogens with one attached hydrogen (secondary N) is 2. The van der Waals surface area contributed by atoms with Crippen LogP contribution in [0.1, 0.15) is 30.1 Å². The molecule has 2 heterocycles. The summed E-state index contributed by atoms with van der Waals surface area (Å²) >= 11 is 6.26. The minimum absolute atomic E-state index is 0.0380. The zero-order valence-corrected chi connectivity index (χ0v) is 19.4. The molecule has 0 spiro atoms. The predicted octanol–water partition coefficient (Wildman–Crippen LogP) is 3.76. The number of hydrogen-bond acceptors (Lipinski definition) is 6. The first-order valence-corrected chi connectivity index (χ1v) is 11.3. The second kappa shape index (κ2) is 8.70. The van der Waals surface area contributed by atoms with Gasteiger partial charge in [-0.2, -0.15) is 15.5 Å². The number of aromatic nitrogens is 4. The van der Waals surface area contributed by atoms with Crippen LogP contribution in [0.15, 0.2) is 51.9 Å². The van der Waals surface area contributed by atoms with Crippen LogP contribution >= 0.6 is 11.6 Å². The van der Waals surface area contributed by atoms with Gasteiger partial charge in [0.15, 0.2) is 0 Å². The highest BCUT2D eigenvalue weighted by molar-refractivity contribution is 6.31. The summed E-state index contributed by atoms with van der Waals surface area (Å²) in [6, 6.07) is 7.55. The molecule has 2 aliphatic rings. The van der Waals surface area contributed by atoms with Gasteiger partial charge in [-0.1, -0.05) is 17.7 Å². The van der Waals surface area contributed by atoms with Gasteiger partial charge in [0.05, 0.1) is 46.1 Å². The molecule has 0 saturated heterocycles. The Kier molecular flexibility index (Phi) is 5.71. The first-order chi connectivity index (χ1) is 16.4. The summed E-state index contributed by atoms with van der Waals surface area (Å²) < 4.78 is 23.0. The summed E-state index contributed by atoms with van der Waals surface area (Å²) in [6.45, 7) is 0.454. The van der Waals surface area contributed by atoms with Crippen LogP contribution in [0.2, 0.25) is 0 Å². The molecule has 1 saturated carbocycles. The lowest BCUT2D eigenvalue weighted by Gasteiger charge is -2.28. The third-order valence-corrected chi connectivity index (χ3v) is 6.47. The minimum Gasteiger partial charge on any atom is -0.493 e. The van der Waals surface area contributed by atoms with Crippen molar-refractivity contribution in [2.24, 2.45) is 13.0 Å². The second-order valence-corrected chi connectivity index (χ2v) is 8.91. The fourth-order valence-corrected chi connectivity index (χ4v) is 4.60. The molecular weight excluding hydrogens is 459 g/mol. The van der Waals surface area contributed by atoms with Crippen LogP contribution in [0.3, 0.4) is 0 Å². The highest BCUT2D eigenvalue weighted by Gasteiger charge is 2.41. The molecular formula is C24H22ClFN6O2. The number of fused-ring (bicyclic) bond motifs is 1. The molecule has 2 aliphatic carbocycles. The SMILES string of the molecule is CNCc1n[nH]c(=O)c2ccc(-c3cnn(C)c3[C@@H]3C(F)=C(Cl)C=C(OC4CC4)C3C#N)cc12. The van der Waals surface area contributed by atoms with E-state index in [2.05, 4.69) is 26.7 Å². The largest absolute Gasteiger partial charge is 0.493 e. The Morgan fingerprint density at radius 3 is 2.88 bits per heavy atom. The molecule has 10 heteroatoms. The third-order valence-electron chi connectivity index (χ3n) is 6.18. The molecule has 174 valence electrons. The first kappa shape index (κ1) is 22.3. The molecule has 5 rings (SSSR count). The van der Waals surface area contributed by atoms with Gasteiger partial charge >= 0.3 is 0 Å². The molecule has 0 amide bonds. The van der Waals surface area contributed by atoms with Gasteiger partial charge in [0.1, 0.15) is 17.5 Å². The lowest BCUT2D eigenvalue weighted by molar-refractivity contribution is 0.164. The van der Waals surface area contributed by atoms with Gasteiger partial charge in [0.2, 0.25) is 0 Å². The fourth-order valence-electron chi connectivity index (χ4n) is 4.37. The monoisotopic (exact) mass is 480 g/mol. The van der Waals surface area contributed by atoms with Gasteiger partial charge in [0.25, 0.3) is 5.56 Å². The topological polar surface area (TPSA) is 109 Å². The van der Waals surface area contributed by atoms with Crippen LogP contribution in [-0.2, 0) is 18.3 Å². The number of allylic oxidation sites excluding steroid dienone is 4. The number of nitrogens with zero attached hydrogens (tertiary/aromatic N) is 4. The van der Waals surface area contributed by atoms with E-state index in [-0.39, 0.29) is 16.7 Å². The van der Waals surface area contributed by atoms with E-state index < -0.39 is 17.7 Å². The Balaban J connectivity index is 1.66. The molecule has 2 N–H and O–H groups in total. The number of benzene rings is 1. The number of hydrogen-bond donors (Lipinski definition) is 2. The van der Waals surface area contributed by atoms with Crippen LogP contribution in [0.5, 0.6) is 0 Å². The average molecular weight is 481 g/mol. The average Bonchev–Trinajstić information content (AvgIpc) is 3.57. The predicted molar refractivity (Wildman–Crippen MR) is 125 cm³/mol. The van der Waals surface area contributed by atoms with E-state index in [4.69, 9.17) is 16.3 Å². The van der Waals surface area contributed by atoms with E-state index in [1.54, 1.807) is 37.1 Å².